The molecule has 7 nitrogen and oxygen atoms in total. The number of rotatable bonds is 6. The summed E-state index contributed by atoms with van der Waals surface area (Å²) in [6, 6.07) is 2.75. The smallest absolute Gasteiger partial charge is 0.309 e. The van der Waals surface area contributed by atoms with Crippen LogP contribution in [0.2, 0.25) is 0 Å². The largest absolute Gasteiger partial charge is 0.481 e. The van der Waals surface area contributed by atoms with Crippen LogP contribution in [0.3, 0.4) is 0 Å². The maximum Gasteiger partial charge on any atom is 0.309 e. The van der Waals surface area contributed by atoms with Gasteiger partial charge in [0.1, 0.15) is 0 Å². The number of hydrogen-bond acceptors (Lipinski definition) is 7. The molecule has 0 radical (unpaired) electrons. The predicted octanol–water partition coefficient (Wildman–Crippen LogP) is 1.90. The van der Waals surface area contributed by atoms with E-state index in [-0.39, 0.29) is 22.6 Å². The lowest BCUT2D eigenvalue weighted by Crippen LogP contribution is -2.15. The minimum Gasteiger partial charge on any atom is -0.481 e. The Morgan fingerprint density at radius 1 is 1.53 bits per heavy atom. The van der Waals surface area contributed by atoms with Crippen molar-refractivity contribution in [2.24, 2.45) is 5.92 Å². The van der Waals surface area contributed by atoms with Crippen LogP contribution in [-0.4, -0.2) is 35.8 Å². The van der Waals surface area contributed by atoms with Gasteiger partial charge in [0.2, 0.25) is 5.88 Å². The summed E-state index contributed by atoms with van der Waals surface area (Å²) in [5.41, 5.74) is -0.108. The van der Waals surface area contributed by atoms with Crippen LogP contribution < -0.4 is 4.74 Å². The Hall–Kier alpha value is -1.83. The van der Waals surface area contributed by atoms with Crippen molar-refractivity contribution in [1.29, 1.82) is 0 Å². The second kappa shape index (κ2) is 6.93. The van der Waals surface area contributed by atoms with E-state index >= 15 is 0 Å². The molecular weight excluding hydrogens is 272 g/mol. The Morgan fingerprint density at radius 3 is 2.74 bits per heavy atom. The molecule has 0 aromatic carbocycles. The molecule has 0 N–H and O–H groups in total. The molecule has 0 fully saturated rings. The number of ether oxygens (including phenoxy) is 2. The first-order valence-electron chi connectivity index (χ1n) is 5.39. The van der Waals surface area contributed by atoms with Crippen molar-refractivity contribution in [3.63, 3.8) is 0 Å². The van der Waals surface area contributed by atoms with Gasteiger partial charge >= 0.3 is 11.7 Å². The third-order valence-electron chi connectivity index (χ3n) is 2.29. The third-order valence-corrected chi connectivity index (χ3v) is 3.53. The van der Waals surface area contributed by atoms with Gasteiger partial charge < -0.3 is 9.47 Å². The average Bonchev–Trinajstić information content (AvgIpc) is 2.43. The summed E-state index contributed by atoms with van der Waals surface area (Å²) in [6.07, 6.45) is 0. The number of hydrogen-bond donors (Lipinski definition) is 0. The van der Waals surface area contributed by atoms with Crippen LogP contribution in [0.1, 0.15) is 6.92 Å². The van der Waals surface area contributed by atoms with E-state index in [4.69, 9.17) is 4.74 Å². The van der Waals surface area contributed by atoms with E-state index in [1.54, 1.807) is 6.92 Å². The fraction of sp³-hybridized carbons (Fsp3) is 0.455. The van der Waals surface area contributed by atoms with E-state index in [0.717, 1.165) is 11.8 Å². The highest BCUT2D eigenvalue weighted by Crippen LogP contribution is 2.30. The SMILES string of the molecule is COC(=O)C(C)CSc1nc(OC)ccc1[N+](=O)[O-]. The molecule has 1 unspecified atom stereocenters. The first kappa shape index (κ1) is 15.2. The molecule has 1 rings (SSSR count). The highest BCUT2D eigenvalue weighted by molar-refractivity contribution is 7.99. The van der Waals surface area contributed by atoms with Crippen LogP contribution in [0.15, 0.2) is 17.2 Å². The number of aromatic nitrogens is 1. The Labute approximate surface area is 114 Å². The summed E-state index contributed by atoms with van der Waals surface area (Å²) in [5.74, 6) is -0.104. The van der Waals surface area contributed by atoms with Crippen molar-refractivity contribution < 1.29 is 19.2 Å². The van der Waals surface area contributed by atoms with Gasteiger partial charge in [-0.05, 0) is 0 Å². The number of methoxy groups -OCH3 is 2. The average molecular weight is 286 g/mol. The van der Waals surface area contributed by atoms with Crippen LogP contribution in [0, 0.1) is 16.0 Å². The third kappa shape index (κ3) is 4.09. The molecule has 1 atom stereocenters. The van der Waals surface area contributed by atoms with Crippen LogP contribution >= 0.6 is 11.8 Å². The molecule has 0 bridgehead atoms. The molecule has 0 amide bonds. The quantitative estimate of drug-likeness (QED) is 0.341. The van der Waals surface area contributed by atoms with E-state index in [1.165, 1.54) is 26.4 Å². The minimum absolute atomic E-state index is 0.108. The van der Waals surface area contributed by atoms with Crippen LogP contribution in [-0.2, 0) is 9.53 Å². The summed E-state index contributed by atoms with van der Waals surface area (Å²) < 4.78 is 9.52. The van der Waals surface area contributed by atoms with Crippen molar-refractivity contribution >= 4 is 23.4 Å². The Morgan fingerprint density at radius 2 is 2.21 bits per heavy atom. The standard InChI is InChI=1S/C11H14N2O5S/c1-7(11(14)18-3)6-19-10-8(13(15)16)4-5-9(12-10)17-2/h4-5,7H,6H2,1-3H3. The second-order valence-electron chi connectivity index (χ2n) is 3.67. The van der Waals surface area contributed by atoms with E-state index in [2.05, 4.69) is 9.72 Å². The van der Waals surface area contributed by atoms with Gasteiger partial charge in [0.05, 0.1) is 25.1 Å². The number of nitrogens with zero attached hydrogens (tertiary/aromatic N) is 2. The molecule has 1 aromatic rings. The van der Waals surface area contributed by atoms with Gasteiger partial charge in [-0.15, -0.1) is 0 Å². The molecule has 0 aliphatic carbocycles. The van der Waals surface area contributed by atoms with Crippen molar-refractivity contribution in [3.8, 4) is 5.88 Å². The molecule has 0 saturated carbocycles. The zero-order valence-electron chi connectivity index (χ0n) is 10.8. The molecule has 1 aromatic heterocycles. The summed E-state index contributed by atoms with van der Waals surface area (Å²) in [6.45, 7) is 1.69. The maximum atomic E-state index is 11.3. The number of nitro groups is 1. The summed E-state index contributed by atoms with van der Waals surface area (Å²) in [4.78, 5) is 25.6. The van der Waals surface area contributed by atoms with Gasteiger partial charge in [-0.25, -0.2) is 0 Å². The Balaban J connectivity index is 2.86. The zero-order chi connectivity index (χ0) is 14.4. The first-order valence-corrected chi connectivity index (χ1v) is 6.38. The predicted molar refractivity (Wildman–Crippen MR) is 69.3 cm³/mol. The van der Waals surface area contributed by atoms with Gasteiger partial charge in [0, 0.05) is 17.9 Å². The van der Waals surface area contributed by atoms with Crippen molar-refractivity contribution in [1.82, 2.24) is 4.98 Å². The summed E-state index contributed by atoms with van der Waals surface area (Å²) >= 11 is 1.12. The van der Waals surface area contributed by atoms with Gasteiger partial charge in [0.15, 0.2) is 5.03 Å². The van der Waals surface area contributed by atoms with Crippen molar-refractivity contribution in [2.45, 2.75) is 11.9 Å². The first-order chi connectivity index (χ1) is 8.99. The second-order valence-corrected chi connectivity index (χ2v) is 4.68. The molecule has 0 saturated heterocycles. The number of esters is 1. The zero-order valence-corrected chi connectivity index (χ0v) is 11.6. The van der Waals surface area contributed by atoms with E-state index in [9.17, 15) is 14.9 Å². The maximum absolute atomic E-state index is 11.3. The number of carbonyl (C=O) groups is 1. The van der Waals surface area contributed by atoms with Gasteiger partial charge in [0.25, 0.3) is 0 Å². The highest BCUT2D eigenvalue weighted by Gasteiger charge is 2.20. The monoisotopic (exact) mass is 286 g/mol. The van der Waals surface area contributed by atoms with E-state index in [1.807, 2.05) is 0 Å². The summed E-state index contributed by atoms with van der Waals surface area (Å²) in [7, 11) is 2.73. The molecule has 8 heteroatoms. The van der Waals surface area contributed by atoms with E-state index < -0.39 is 4.92 Å². The van der Waals surface area contributed by atoms with Crippen molar-refractivity contribution in [2.75, 3.05) is 20.0 Å². The van der Waals surface area contributed by atoms with Crippen LogP contribution in [0.5, 0.6) is 5.88 Å². The molecule has 104 valence electrons. The normalized spacial score (nSPS) is 11.7. The van der Waals surface area contributed by atoms with E-state index in [0.29, 0.717) is 11.6 Å². The van der Waals surface area contributed by atoms with Crippen LogP contribution in [0.25, 0.3) is 0 Å². The summed E-state index contributed by atoms with van der Waals surface area (Å²) in [5, 5.41) is 11.1. The van der Waals surface area contributed by atoms with Gasteiger partial charge in [-0.2, -0.15) is 4.98 Å². The Bertz CT molecular complexity index is 480. The van der Waals surface area contributed by atoms with Gasteiger partial charge in [-0.3, -0.25) is 14.9 Å². The number of carbonyl (C=O) groups excluding carboxylic acids is 1. The lowest BCUT2D eigenvalue weighted by atomic mass is 10.2. The fourth-order valence-electron chi connectivity index (χ4n) is 1.25. The molecule has 0 aliphatic heterocycles. The molecule has 0 aliphatic rings. The van der Waals surface area contributed by atoms with Crippen molar-refractivity contribution in [3.05, 3.63) is 22.2 Å². The molecule has 1 heterocycles. The number of pyridine rings is 1. The fourth-order valence-corrected chi connectivity index (χ4v) is 2.24. The molecular formula is C11H14N2O5S. The molecule has 0 spiro atoms. The van der Waals surface area contributed by atoms with Gasteiger partial charge in [-0.1, -0.05) is 18.7 Å². The number of thioether (sulfide) groups is 1. The lowest BCUT2D eigenvalue weighted by Gasteiger charge is -2.08. The Kier molecular flexibility index (Phi) is 5.56. The highest BCUT2D eigenvalue weighted by atomic mass is 32.2. The minimum atomic E-state index is -0.516. The molecule has 19 heavy (non-hydrogen) atoms. The topological polar surface area (TPSA) is 91.6 Å². The lowest BCUT2D eigenvalue weighted by molar-refractivity contribution is -0.388. The van der Waals surface area contributed by atoms with Crippen LogP contribution in [0.4, 0.5) is 5.69 Å².